The third-order valence-electron chi connectivity index (χ3n) is 3.08. The lowest BCUT2D eigenvalue weighted by Gasteiger charge is -2.18. The number of hydrogen-bond acceptors (Lipinski definition) is 7. The second-order valence-electron chi connectivity index (χ2n) is 5.48. The maximum atomic E-state index is 12.5. The summed E-state index contributed by atoms with van der Waals surface area (Å²) >= 11 is 5.75. The maximum Gasteiger partial charge on any atom is 0.335 e. The van der Waals surface area contributed by atoms with Crippen molar-refractivity contribution in [2.75, 3.05) is 6.26 Å². The number of aromatic nitrogens is 2. The van der Waals surface area contributed by atoms with Crippen LogP contribution in [-0.2, 0) is 19.9 Å². The molecule has 0 aliphatic heterocycles. The molecule has 132 valence electrons. The second-order valence-corrected chi connectivity index (χ2v) is 9.52. The van der Waals surface area contributed by atoms with Gasteiger partial charge in [-0.05, 0) is 30.2 Å². The first-order valence-corrected chi connectivity index (χ1v) is 10.6. The lowest BCUT2D eigenvalue weighted by atomic mass is 10.1. The molecule has 0 spiro atoms. The molecule has 0 saturated heterocycles. The first-order chi connectivity index (χ1) is 11.0. The van der Waals surface area contributed by atoms with E-state index in [4.69, 9.17) is 16.0 Å². The fourth-order valence-corrected chi connectivity index (χ4v) is 3.71. The summed E-state index contributed by atoms with van der Waals surface area (Å²) < 4.78 is 55.4. The Kier molecular flexibility index (Phi) is 5.33. The maximum absolute atomic E-state index is 12.5. The normalized spacial score (nSPS) is 14.0. The summed E-state index contributed by atoms with van der Waals surface area (Å²) in [6.07, 6.45) is 0.923. The van der Waals surface area contributed by atoms with Crippen LogP contribution >= 0.6 is 11.6 Å². The Bertz CT molecular complexity index is 921. The molecule has 1 N–H and O–H groups in total. The Morgan fingerprint density at radius 3 is 2.12 bits per heavy atom. The summed E-state index contributed by atoms with van der Waals surface area (Å²) in [6.45, 7) is 3.47. The number of nitrogens with one attached hydrogen (secondary N) is 1. The highest BCUT2D eigenvalue weighted by Gasteiger charge is 2.29. The average Bonchev–Trinajstić information content (AvgIpc) is 2.94. The largest absolute Gasteiger partial charge is 0.411 e. The monoisotopic (exact) mass is 393 g/mol. The van der Waals surface area contributed by atoms with Crippen molar-refractivity contribution in [2.45, 2.75) is 30.0 Å². The molecule has 0 radical (unpaired) electrons. The fourth-order valence-electron chi connectivity index (χ4n) is 1.82. The summed E-state index contributed by atoms with van der Waals surface area (Å²) in [5.74, 6) is -0.386. The summed E-state index contributed by atoms with van der Waals surface area (Å²) in [4.78, 5) is 0.0143. The van der Waals surface area contributed by atoms with E-state index < -0.39 is 31.1 Å². The molecular formula is C13H16ClN3O5S2. The quantitative estimate of drug-likeness (QED) is 0.794. The summed E-state index contributed by atoms with van der Waals surface area (Å²) in [6, 6.07) is 4.74. The van der Waals surface area contributed by atoms with Crippen LogP contribution in [0.4, 0.5) is 0 Å². The van der Waals surface area contributed by atoms with Gasteiger partial charge in [0.15, 0.2) is 0 Å². The standard InChI is InChI=1S/C13H16ClN3O5S2/c1-8(2)11(12-15-16-13(22-12)23(3,18)19)17-24(20,21)10-6-4-9(14)5-7-10/h4-8,11,17H,1-3H3/t11-/m0/s1. The van der Waals surface area contributed by atoms with E-state index in [2.05, 4.69) is 14.9 Å². The van der Waals surface area contributed by atoms with Gasteiger partial charge < -0.3 is 4.42 Å². The molecule has 1 aromatic heterocycles. The van der Waals surface area contributed by atoms with Crippen LogP contribution in [-0.4, -0.2) is 33.3 Å². The van der Waals surface area contributed by atoms with Crippen molar-refractivity contribution in [3.8, 4) is 0 Å². The van der Waals surface area contributed by atoms with Gasteiger partial charge in [-0.15, -0.1) is 5.10 Å². The lowest BCUT2D eigenvalue weighted by molar-refractivity contribution is 0.327. The number of hydrogen-bond donors (Lipinski definition) is 1. The van der Waals surface area contributed by atoms with Gasteiger partial charge in [0.25, 0.3) is 0 Å². The number of rotatable bonds is 6. The summed E-state index contributed by atoms with van der Waals surface area (Å²) in [7, 11) is -7.56. The van der Waals surface area contributed by atoms with E-state index in [9.17, 15) is 16.8 Å². The van der Waals surface area contributed by atoms with Crippen LogP contribution in [0.2, 0.25) is 5.02 Å². The van der Waals surface area contributed by atoms with E-state index in [1.54, 1.807) is 13.8 Å². The number of halogens is 1. The van der Waals surface area contributed by atoms with Gasteiger partial charge in [0.05, 0.1) is 4.90 Å². The van der Waals surface area contributed by atoms with Gasteiger partial charge in [0.2, 0.25) is 25.8 Å². The second kappa shape index (κ2) is 6.79. The van der Waals surface area contributed by atoms with Crippen molar-refractivity contribution >= 4 is 31.5 Å². The predicted molar refractivity (Wildman–Crippen MR) is 86.8 cm³/mol. The minimum Gasteiger partial charge on any atom is -0.411 e. The number of benzene rings is 1. The van der Waals surface area contributed by atoms with Gasteiger partial charge in [-0.3, -0.25) is 0 Å². The van der Waals surface area contributed by atoms with E-state index >= 15 is 0 Å². The zero-order valence-corrected chi connectivity index (χ0v) is 15.5. The third kappa shape index (κ3) is 4.32. The number of sulfone groups is 1. The molecule has 1 aromatic carbocycles. The van der Waals surface area contributed by atoms with Crippen LogP contribution in [0.25, 0.3) is 0 Å². The minimum atomic E-state index is -3.88. The molecule has 24 heavy (non-hydrogen) atoms. The Hall–Kier alpha value is -1.49. The Labute approximate surface area is 145 Å². The van der Waals surface area contributed by atoms with E-state index in [0.29, 0.717) is 5.02 Å². The SMILES string of the molecule is CC(C)[C@H](NS(=O)(=O)c1ccc(Cl)cc1)c1nnc(S(C)(=O)=O)o1. The van der Waals surface area contributed by atoms with Crippen LogP contribution in [0, 0.1) is 5.92 Å². The molecule has 1 atom stereocenters. The highest BCUT2D eigenvalue weighted by atomic mass is 35.5. The summed E-state index contributed by atoms with van der Waals surface area (Å²) in [5.41, 5.74) is 0. The minimum absolute atomic E-state index is 0.0143. The first kappa shape index (κ1) is 18.8. The van der Waals surface area contributed by atoms with Crippen LogP contribution in [0.3, 0.4) is 0 Å². The van der Waals surface area contributed by atoms with Gasteiger partial charge in [0.1, 0.15) is 6.04 Å². The van der Waals surface area contributed by atoms with Crippen molar-refractivity contribution in [1.29, 1.82) is 0 Å². The zero-order chi connectivity index (χ0) is 18.1. The van der Waals surface area contributed by atoms with Crippen molar-refractivity contribution in [2.24, 2.45) is 5.92 Å². The molecule has 0 aliphatic carbocycles. The van der Waals surface area contributed by atoms with Gasteiger partial charge >= 0.3 is 5.22 Å². The van der Waals surface area contributed by atoms with Crippen molar-refractivity contribution in [3.05, 3.63) is 35.2 Å². The first-order valence-electron chi connectivity index (χ1n) is 6.82. The van der Waals surface area contributed by atoms with E-state index in [0.717, 1.165) is 6.26 Å². The van der Waals surface area contributed by atoms with Gasteiger partial charge in [-0.2, -0.15) is 4.72 Å². The molecule has 2 rings (SSSR count). The Balaban J connectivity index is 2.35. The smallest absolute Gasteiger partial charge is 0.335 e. The molecule has 0 fully saturated rings. The highest BCUT2D eigenvalue weighted by Crippen LogP contribution is 2.25. The van der Waals surface area contributed by atoms with Crippen LogP contribution in [0.5, 0.6) is 0 Å². The summed E-state index contributed by atoms with van der Waals surface area (Å²) in [5, 5.41) is 6.95. The lowest BCUT2D eigenvalue weighted by Crippen LogP contribution is -2.32. The molecule has 0 amide bonds. The topological polar surface area (TPSA) is 119 Å². The van der Waals surface area contributed by atoms with Gasteiger partial charge in [-0.1, -0.05) is 30.5 Å². The molecular weight excluding hydrogens is 378 g/mol. The Morgan fingerprint density at radius 2 is 1.67 bits per heavy atom. The molecule has 2 aromatic rings. The fraction of sp³-hybridized carbons (Fsp3) is 0.385. The van der Waals surface area contributed by atoms with Crippen molar-refractivity contribution in [1.82, 2.24) is 14.9 Å². The van der Waals surface area contributed by atoms with Gasteiger partial charge in [-0.25, -0.2) is 16.8 Å². The molecule has 0 saturated carbocycles. The molecule has 0 unspecified atom stereocenters. The van der Waals surface area contributed by atoms with Crippen molar-refractivity contribution < 1.29 is 21.3 Å². The zero-order valence-electron chi connectivity index (χ0n) is 13.1. The molecule has 0 bridgehead atoms. The average molecular weight is 394 g/mol. The number of sulfonamides is 1. The van der Waals surface area contributed by atoms with Crippen LogP contribution in [0.15, 0.2) is 38.8 Å². The molecule has 11 heteroatoms. The molecule has 1 heterocycles. The van der Waals surface area contributed by atoms with E-state index in [-0.39, 0.29) is 16.7 Å². The van der Waals surface area contributed by atoms with E-state index in [1.165, 1.54) is 24.3 Å². The predicted octanol–water partition coefficient (Wildman–Crippen LogP) is 1.80. The Morgan fingerprint density at radius 1 is 1.08 bits per heavy atom. The van der Waals surface area contributed by atoms with Gasteiger partial charge in [0, 0.05) is 11.3 Å². The molecule has 0 aliphatic rings. The van der Waals surface area contributed by atoms with Crippen LogP contribution in [0.1, 0.15) is 25.8 Å². The van der Waals surface area contributed by atoms with Crippen LogP contribution < -0.4 is 4.72 Å². The van der Waals surface area contributed by atoms with E-state index in [1.807, 2.05) is 0 Å². The van der Waals surface area contributed by atoms with Crippen molar-refractivity contribution in [3.63, 3.8) is 0 Å². The highest BCUT2D eigenvalue weighted by molar-refractivity contribution is 7.90. The number of nitrogens with zero attached hydrogens (tertiary/aromatic N) is 2. The third-order valence-corrected chi connectivity index (χ3v) is 5.59. The molecule has 8 nitrogen and oxygen atoms in total.